The van der Waals surface area contributed by atoms with Crippen LogP contribution in [-0.2, 0) is 4.74 Å². The monoisotopic (exact) mass is 314 g/mol. The molecule has 1 fully saturated rings. The number of rotatable bonds is 2. The summed E-state index contributed by atoms with van der Waals surface area (Å²) in [6.45, 7) is 6.79. The predicted molar refractivity (Wildman–Crippen MR) is 84.9 cm³/mol. The van der Waals surface area contributed by atoms with Crippen LogP contribution < -0.4 is 10.5 Å². The van der Waals surface area contributed by atoms with E-state index in [0.717, 1.165) is 12.2 Å². The zero-order valence-electron chi connectivity index (χ0n) is 12.7. The van der Waals surface area contributed by atoms with Gasteiger partial charge >= 0.3 is 6.09 Å². The molecule has 0 bridgehead atoms. The molecule has 118 valence electrons. The highest BCUT2D eigenvalue weighted by molar-refractivity contribution is 5.85. The first kappa shape index (κ1) is 17.4. The number of anilines is 1. The molecule has 0 spiro atoms. The van der Waals surface area contributed by atoms with Gasteiger partial charge in [0.05, 0.1) is 6.54 Å². The van der Waals surface area contributed by atoms with Crippen molar-refractivity contribution in [2.24, 2.45) is 0 Å². The lowest BCUT2D eigenvalue weighted by Crippen LogP contribution is -2.36. The number of carbonyl (C=O) groups is 1. The maximum absolute atomic E-state index is 11.9. The van der Waals surface area contributed by atoms with E-state index in [1.807, 2.05) is 39.0 Å². The van der Waals surface area contributed by atoms with Crippen LogP contribution in [0.2, 0.25) is 0 Å². The second-order valence-corrected chi connectivity index (χ2v) is 6.03. The molecule has 1 saturated heterocycles. The average molecular weight is 315 g/mol. The molecule has 1 aliphatic rings. The minimum atomic E-state index is -0.468. The van der Waals surface area contributed by atoms with Crippen molar-refractivity contribution in [2.75, 3.05) is 18.8 Å². The number of hydrogen-bond donors (Lipinski definition) is 1. The molecule has 2 rings (SSSR count). The lowest BCUT2D eigenvalue weighted by atomic mass is 10.2. The van der Waals surface area contributed by atoms with Crippen LogP contribution in [0.5, 0.6) is 5.75 Å². The van der Waals surface area contributed by atoms with E-state index in [2.05, 4.69) is 0 Å². The number of hydrogen-bond acceptors (Lipinski definition) is 4. The number of ether oxygens (including phenoxy) is 2. The van der Waals surface area contributed by atoms with Gasteiger partial charge in [-0.05, 0) is 32.9 Å². The molecule has 0 aromatic heterocycles. The highest BCUT2D eigenvalue weighted by atomic mass is 35.5. The first-order chi connectivity index (χ1) is 9.33. The maximum Gasteiger partial charge on any atom is 0.410 e. The second kappa shape index (κ2) is 6.89. The second-order valence-electron chi connectivity index (χ2n) is 6.03. The van der Waals surface area contributed by atoms with E-state index >= 15 is 0 Å². The van der Waals surface area contributed by atoms with Gasteiger partial charge in [0.1, 0.15) is 17.5 Å². The number of carbonyl (C=O) groups excluding carboxylic acids is 1. The Balaban J connectivity index is 0.00000220. The first-order valence-electron chi connectivity index (χ1n) is 6.83. The van der Waals surface area contributed by atoms with Crippen molar-refractivity contribution in [1.82, 2.24) is 4.90 Å². The molecule has 0 saturated carbocycles. The number of nitrogens with zero attached hydrogens (tertiary/aromatic N) is 1. The molecule has 1 unspecified atom stereocenters. The highest BCUT2D eigenvalue weighted by Gasteiger charge is 2.30. The number of amides is 1. The fraction of sp³-hybridized carbons (Fsp3) is 0.533. The van der Waals surface area contributed by atoms with Crippen molar-refractivity contribution in [3.63, 3.8) is 0 Å². The molecule has 2 N–H and O–H groups in total. The molecule has 1 aliphatic heterocycles. The Labute approximate surface area is 131 Å². The van der Waals surface area contributed by atoms with E-state index in [9.17, 15) is 4.79 Å². The predicted octanol–water partition coefficient (Wildman–Crippen LogP) is 3.08. The molecule has 1 heterocycles. The summed E-state index contributed by atoms with van der Waals surface area (Å²) in [5, 5.41) is 0. The zero-order valence-corrected chi connectivity index (χ0v) is 13.5. The molecule has 0 aliphatic carbocycles. The van der Waals surface area contributed by atoms with Crippen LogP contribution in [0.4, 0.5) is 10.5 Å². The van der Waals surface area contributed by atoms with Crippen molar-refractivity contribution in [3.05, 3.63) is 24.3 Å². The van der Waals surface area contributed by atoms with Gasteiger partial charge in [-0.1, -0.05) is 6.07 Å². The van der Waals surface area contributed by atoms with Crippen LogP contribution >= 0.6 is 12.4 Å². The summed E-state index contributed by atoms with van der Waals surface area (Å²) in [5.41, 5.74) is 5.92. The van der Waals surface area contributed by atoms with E-state index in [1.165, 1.54) is 0 Å². The topological polar surface area (TPSA) is 64.8 Å². The summed E-state index contributed by atoms with van der Waals surface area (Å²) in [5.74, 6) is 0.737. The van der Waals surface area contributed by atoms with Gasteiger partial charge in [0, 0.05) is 24.7 Å². The normalized spacial score (nSPS) is 18.0. The SMILES string of the molecule is CC(C)(C)OC(=O)N1CCC(Oc2cccc(N)c2)C1.Cl. The molecule has 0 radical (unpaired) electrons. The summed E-state index contributed by atoms with van der Waals surface area (Å²) in [6, 6.07) is 7.32. The Bertz CT molecular complexity index is 488. The Hall–Kier alpha value is -1.62. The third-order valence-corrected chi connectivity index (χ3v) is 2.96. The fourth-order valence-electron chi connectivity index (χ4n) is 2.10. The van der Waals surface area contributed by atoms with E-state index in [4.69, 9.17) is 15.2 Å². The number of nitrogens with two attached hydrogens (primary N) is 1. The molecule has 1 aromatic rings. The number of benzene rings is 1. The van der Waals surface area contributed by atoms with E-state index < -0.39 is 5.60 Å². The van der Waals surface area contributed by atoms with Gasteiger partial charge in [0.15, 0.2) is 0 Å². The van der Waals surface area contributed by atoms with Gasteiger partial charge in [-0.15, -0.1) is 12.4 Å². The smallest absolute Gasteiger partial charge is 0.410 e. The molecule has 5 nitrogen and oxygen atoms in total. The third kappa shape index (κ3) is 5.34. The molecule has 1 amide bonds. The van der Waals surface area contributed by atoms with Gasteiger partial charge in [-0.3, -0.25) is 0 Å². The molecule has 21 heavy (non-hydrogen) atoms. The molecular weight excluding hydrogens is 292 g/mol. The van der Waals surface area contributed by atoms with Crippen molar-refractivity contribution < 1.29 is 14.3 Å². The quantitative estimate of drug-likeness (QED) is 0.852. The number of nitrogen functional groups attached to an aromatic ring is 1. The standard InChI is InChI=1S/C15H22N2O3.ClH/c1-15(2,3)20-14(18)17-8-7-13(10-17)19-12-6-4-5-11(16)9-12;/h4-6,9,13H,7-8,10,16H2,1-3H3;1H. The summed E-state index contributed by atoms with van der Waals surface area (Å²) in [4.78, 5) is 13.6. The van der Waals surface area contributed by atoms with Gasteiger partial charge in [0.2, 0.25) is 0 Å². The van der Waals surface area contributed by atoms with Crippen molar-refractivity contribution in [2.45, 2.75) is 38.9 Å². The van der Waals surface area contributed by atoms with Crippen LogP contribution in [-0.4, -0.2) is 35.8 Å². The van der Waals surface area contributed by atoms with E-state index in [0.29, 0.717) is 18.8 Å². The van der Waals surface area contributed by atoms with Crippen LogP contribution in [0.15, 0.2) is 24.3 Å². The fourth-order valence-corrected chi connectivity index (χ4v) is 2.10. The minimum absolute atomic E-state index is 0. The van der Waals surface area contributed by atoms with Crippen LogP contribution in [0.1, 0.15) is 27.2 Å². The van der Waals surface area contributed by atoms with Gasteiger partial charge in [0.25, 0.3) is 0 Å². The third-order valence-electron chi connectivity index (χ3n) is 2.96. The summed E-state index contributed by atoms with van der Waals surface area (Å²) >= 11 is 0. The van der Waals surface area contributed by atoms with Crippen LogP contribution in [0, 0.1) is 0 Å². The van der Waals surface area contributed by atoms with Crippen molar-refractivity contribution in [1.29, 1.82) is 0 Å². The van der Waals surface area contributed by atoms with Crippen molar-refractivity contribution in [3.8, 4) is 5.75 Å². The van der Waals surface area contributed by atoms with Gasteiger partial charge < -0.3 is 20.1 Å². The Morgan fingerprint density at radius 2 is 2.10 bits per heavy atom. The van der Waals surface area contributed by atoms with Crippen LogP contribution in [0.25, 0.3) is 0 Å². The largest absolute Gasteiger partial charge is 0.488 e. The summed E-state index contributed by atoms with van der Waals surface area (Å²) in [7, 11) is 0. The minimum Gasteiger partial charge on any atom is -0.488 e. The van der Waals surface area contributed by atoms with Crippen molar-refractivity contribution >= 4 is 24.2 Å². The zero-order chi connectivity index (χ0) is 14.8. The Morgan fingerprint density at radius 3 is 2.71 bits per heavy atom. The molecule has 6 heteroatoms. The first-order valence-corrected chi connectivity index (χ1v) is 6.83. The molecule has 1 atom stereocenters. The maximum atomic E-state index is 11.9. The Kier molecular flexibility index (Phi) is 5.72. The lowest BCUT2D eigenvalue weighted by molar-refractivity contribution is 0.0275. The molecular formula is C15H23ClN2O3. The van der Waals surface area contributed by atoms with Crippen LogP contribution in [0.3, 0.4) is 0 Å². The van der Waals surface area contributed by atoms with E-state index in [1.54, 1.807) is 11.0 Å². The number of likely N-dealkylation sites (tertiary alicyclic amines) is 1. The number of halogens is 1. The summed E-state index contributed by atoms with van der Waals surface area (Å²) < 4.78 is 11.2. The molecule has 1 aromatic carbocycles. The summed E-state index contributed by atoms with van der Waals surface area (Å²) in [6.07, 6.45) is 0.508. The van der Waals surface area contributed by atoms with Gasteiger partial charge in [-0.25, -0.2) is 4.79 Å². The average Bonchev–Trinajstić information content (AvgIpc) is 2.75. The van der Waals surface area contributed by atoms with Gasteiger partial charge in [-0.2, -0.15) is 0 Å². The Morgan fingerprint density at radius 1 is 1.38 bits per heavy atom. The lowest BCUT2D eigenvalue weighted by Gasteiger charge is -2.24. The van der Waals surface area contributed by atoms with E-state index in [-0.39, 0.29) is 24.6 Å². The highest BCUT2D eigenvalue weighted by Crippen LogP contribution is 2.21.